The lowest BCUT2D eigenvalue weighted by molar-refractivity contribution is -0.120. The molecule has 1 saturated heterocycles. The zero-order chi connectivity index (χ0) is 15.0. The number of ketones is 1. The molecule has 1 spiro atoms. The Bertz CT molecular complexity index is 381. The van der Waals surface area contributed by atoms with Crippen LogP contribution in [0.5, 0.6) is 0 Å². The van der Waals surface area contributed by atoms with Gasteiger partial charge >= 0.3 is 6.09 Å². The van der Waals surface area contributed by atoms with Crippen molar-refractivity contribution in [3.8, 4) is 0 Å². The number of nitrogens with zero attached hydrogens (tertiary/aromatic N) is 1. The summed E-state index contributed by atoms with van der Waals surface area (Å²) in [6.07, 6.45) is 4.98. The van der Waals surface area contributed by atoms with Crippen LogP contribution in [0.2, 0.25) is 0 Å². The molecule has 1 amide bonds. The number of Topliss-reactive ketones (excluding diaryl/α,β-unsaturated/α-hetero) is 1. The Morgan fingerprint density at radius 2 is 1.75 bits per heavy atom. The molecule has 4 heteroatoms. The fourth-order valence-corrected chi connectivity index (χ4v) is 3.61. The summed E-state index contributed by atoms with van der Waals surface area (Å²) in [5, 5.41) is 0. The third kappa shape index (κ3) is 3.74. The number of hydrogen-bond donors (Lipinski definition) is 0. The predicted octanol–water partition coefficient (Wildman–Crippen LogP) is 3.39. The zero-order valence-electron chi connectivity index (χ0n) is 13.2. The molecule has 0 bridgehead atoms. The molecule has 2 rings (SSSR count). The summed E-state index contributed by atoms with van der Waals surface area (Å²) < 4.78 is 5.41. The second kappa shape index (κ2) is 5.38. The molecule has 0 radical (unpaired) electrons. The highest BCUT2D eigenvalue weighted by Gasteiger charge is 2.46. The van der Waals surface area contributed by atoms with Crippen molar-refractivity contribution >= 4 is 11.9 Å². The topological polar surface area (TPSA) is 46.6 Å². The van der Waals surface area contributed by atoms with Gasteiger partial charge in [-0.1, -0.05) is 0 Å². The van der Waals surface area contributed by atoms with Gasteiger partial charge in [-0.25, -0.2) is 4.79 Å². The molecule has 2 fully saturated rings. The van der Waals surface area contributed by atoms with Crippen LogP contribution in [0.15, 0.2) is 0 Å². The molecule has 1 saturated carbocycles. The zero-order valence-corrected chi connectivity index (χ0v) is 13.2. The Balaban J connectivity index is 1.76. The minimum Gasteiger partial charge on any atom is -0.444 e. The molecule has 1 aliphatic heterocycles. The van der Waals surface area contributed by atoms with Crippen LogP contribution >= 0.6 is 0 Å². The van der Waals surface area contributed by atoms with Gasteiger partial charge in [0.25, 0.3) is 0 Å². The summed E-state index contributed by atoms with van der Waals surface area (Å²) in [4.78, 5) is 25.0. The number of rotatable bonds is 2. The maximum absolute atomic E-state index is 12.0. The smallest absolute Gasteiger partial charge is 0.410 e. The van der Waals surface area contributed by atoms with Gasteiger partial charge in [0, 0.05) is 19.5 Å². The van der Waals surface area contributed by atoms with Crippen LogP contribution in [0.1, 0.15) is 59.8 Å². The molecule has 114 valence electrons. The average molecular weight is 281 g/mol. The molecule has 0 aromatic rings. The Labute approximate surface area is 121 Å². The lowest BCUT2D eigenvalue weighted by atomic mass is 9.56. The fourth-order valence-electron chi connectivity index (χ4n) is 3.61. The minimum absolute atomic E-state index is 0.188. The van der Waals surface area contributed by atoms with Gasteiger partial charge in [0.05, 0.1) is 0 Å². The van der Waals surface area contributed by atoms with E-state index in [2.05, 4.69) is 0 Å². The number of carbonyl (C=O) groups is 2. The van der Waals surface area contributed by atoms with E-state index in [1.165, 1.54) is 0 Å². The van der Waals surface area contributed by atoms with Crippen molar-refractivity contribution in [2.24, 2.45) is 11.3 Å². The van der Waals surface area contributed by atoms with Crippen molar-refractivity contribution in [3.63, 3.8) is 0 Å². The van der Waals surface area contributed by atoms with E-state index < -0.39 is 5.60 Å². The van der Waals surface area contributed by atoms with Crippen LogP contribution < -0.4 is 0 Å². The minimum atomic E-state index is -0.421. The normalized spacial score (nSPS) is 22.5. The molecule has 1 heterocycles. The van der Waals surface area contributed by atoms with E-state index in [1.807, 2.05) is 25.7 Å². The highest BCUT2D eigenvalue weighted by Crippen LogP contribution is 2.53. The summed E-state index contributed by atoms with van der Waals surface area (Å²) in [5.41, 5.74) is -0.0199. The fraction of sp³-hybridized carbons (Fsp3) is 0.875. The second-order valence-corrected chi connectivity index (χ2v) is 7.65. The van der Waals surface area contributed by atoms with E-state index in [4.69, 9.17) is 4.74 Å². The number of hydrogen-bond acceptors (Lipinski definition) is 3. The van der Waals surface area contributed by atoms with Gasteiger partial charge in [-0.05, 0) is 64.7 Å². The van der Waals surface area contributed by atoms with Crippen molar-refractivity contribution in [3.05, 3.63) is 0 Å². The first kappa shape index (κ1) is 15.3. The molecule has 0 N–H and O–H groups in total. The molecule has 4 nitrogen and oxygen atoms in total. The highest BCUT2D eigenvalue weighted by molar-refractivity contribution is 5.75. The average Bonchev–Trinajstić information content (AvgIpc) is 2.24. The van der Waals surface area contributed by atoms with Gasteiger partial charge in [-0.3, -0.25) is 0 Å². The number of ether oxygens (including phenoxy) is 1. The Morgan fingerprint density at radius 1 is 1.20 bits per heavy atom. The van der Waals surface area contributed by atoms with Crippen molar-refractivity contribution in [1.29, 1.82) is 0 Å². The van der Waals surface area contributed by atoms with E-state index >= 15 is 0 Å². The third-order valence-electron chi connectivity index (χ3n) is 4.50. The van der Waals surface area contributed by atoms with Crippen LogP contribution in [0.25, 0.3) is 0 Å². The van der Waals surface area contributed by atoms with Gasteiger partial charge in [0.1, 0.15) is 11.4 Å². The van der Waals surface area contributed by atoms with Crippen molar-refractivity contribution in [2.45, 2.75) is 65.4 Å². The number of likely N-dealkylation sites (tertiary alicyclic amines) is 1. The van der Waals surface area contributed by atoms with Crippen LogP contribution in [-0.2, 0) is 9.53 Å². The summed E-state index contributed by atoms with van der Waals surface area (Å²) in [6.45, 7) is 8.96. The van der Waals surface area contributed by atoms with E-state index in [-0.39, 0.29) is 6.09 Å². The van der Waals surface area contributed by atoms with Gasteiger partial charge in [-0.15, -0.1) is 0 Å². The molecule has 2 aliphatic rings. The standard InChI is InChI=1S/C16H27NO3/c1-12(18)9-13-10-16(11-13)5-7-17(8-6-16)14(19)20-15(2,3)4/h13H,5-11H2,1-4H3. The number of piperidine rings is 1. The van der Waals surface area contributed by atoms with Crippen molar-refractivity contribution in [2.75, 3.05) is 13.1 Å². The van der Waals surface area contributed by atoms with Crippen LogP contribution in [-0.4, -0.2) is 35.5 Å². The lowest BCUT2D eigenvalue weighted by Gasteiger charge is -2.52. The predicted molar refractivity (Wildman–Crippen MR) is 77.5 cm³/mol. The quantitative estimate of drug-likeness (QED) is 0.779. The Hall–Kier alpha value is -1.06. The Kier molecular flexibility index (Phi) is 4.12. The van der Waals surface area contributed by atoms with Crippen molar-refractivity contribution in [1.82, 2.24) is 4.90 Å². The molecule has 0 aromatic heterocycles. The number of amides is 1. The van der Waals surface area contributed by atoms with Gasteiger partial charge in [-0.2, -0.15) is 0 Å². The largest absolute Gasteiger partial charge is 0.444 e. The summed E-state index contributed by atoms with van der Waals surface area (Å²) >= 11 is 0. The molecule has 0 atom stereocenters. The third-order valence-corrected chi connectivity index (χ3v) is 4.50. The van der Waals surface area contributed by atoms with Crippen LogP contribution in [0.4, 0.5) is 4.79 Å². The van der Waals surface area contributed by atoms with Crippen LogP contribution in [0, 0.1) is 11.3 Å². The summed E-state index contributed by atoms with van der Waals surface area (Å²) in [7, 11) is 0. The lowest BCUT2D eigenvalue weighted by Crippen LogP contribution is -2.49. The summed E-state index contributed by atoms with van der Waals surface area (Å²) in [5.74, 6) is 0.886. The maximum atomic E-state index is 12.0. The molecular weight excluding hydrogens is 254 g/mol. The van der Waals surface area contributed by atoms with Gasteiger partial charge in [0.2, 0.25) is 0 Å². The first-order valence-electron chi connectivity index (χ1n) is 7.67. The monoisotopic (exact) mass is 281 g/mol. The van der Waals surface area contributed by atoms with Gasteiger partial charge < -0.3 is 14.4 Å². The number of carbonyl (C=O) groups excluding carboxylic acids is 2. The molecule has 0 unspecified atom stereocenters. The maximum Gasteiger partial charge on any atom is 0.410 e. The molecule has 1 aliphatic carbocycles. The van der Waals surface area contributed by atoms with E-state index in [1.54, 1.807) is 6.92 Å². The van der Waals surface area contributed by atoms with Crippen molar-refractivity contribution < 1.29 is 14.3 Å². The SMILES string of the molecule is CC(=O)CC1CC2(CCN(C(=O)OC(C)(C)C)CC2)C1. The molecule has 20 heavy (non-hydrogen) atoms. The van der Waals surface area contributed by atoms with Crippen LogP contribution in [0.3, 0.4) is 0 Å². The highest BCUT2D eigenvalue weighted by atomic mass is 16.6. The molecular formula is C16H27NO3. The van der Waals surface area contributed by atoms with Gasteiger partial charge in [0.15, 0.2) is 0 Å². The summed E-state index contributed by atoms with van der Waals surface area (Å²) in [6, 6.07) is 0. The van der Waals surface area contributed by atoms with E-state index in [0.29, 0.717) is 17.1 Å². The first-order valence-corrected chi connectivity index (χ1v) is 7.67. The molecule has 0 aromatic carbocycles. The Morgan fingerprint density at radius 3 is 2.20 bits per heavy atom. The van der Waals surface area contributed by atoms with E-state index in [9.17, 15) is 9.59 Å². The first-order chi connectivity index (χ1) is 9.19. The second-order valence-electron chi connectivity index (χ2n) is 7.65. The van der Waals surface area contributed by atoms with E-state index in [0.717, 1.165) is 45.2 Å².